The largest absolute Gasteiger partial charge is 0.371 e. The van der Waals surface area contributed by atoms with Crippen molar-refractivity contribution in [2.45, 2.75) is 19.4 Å². The lowest BCUT2D eigenvalue weighted by atomic mass is 10.0. The number of carbonyl (C=O) groups is 1. The first-order valence-electron chi connectivity index (χ1n) is 8.97. The zero-order valence-electron chi connectivity index (χ0n) is 15.1. The summed E-state index contributed by atoms with van der Waals surface area (Å²) in [5.74, 6) is 0.606. The van der Waals surface area contributed by atoms with Crippen LogP contribution in [-0.4, -0.2) is 45.2 Å². The summed E-state index contributed by atoms with van der Waals surface area (Å²) in [7, 11) is 0. The highest BCUT2D eigenvalue weighted by atomic mass is 16.5. The molecule has 1 N–H and O–H groups in total. The molecule has 0 radical (unpaired) electrons. The number of benzene rings is 1. The molecule has 0 aliphatic carbocycles. The third-order valence-corrected chi connectivity index (χ3v) is 4.55. The SMILES string of the molecule is Cc1cnc(-n2cc(C(=O)Cc3ccc([C@H]4CNCCO4)cc3)cn2)cn1. The van der Waals surface area contributed by atoms with Gasteiger partial charge < -0.3 is 10.1 Å². The highest BCUT2D eigenvalue weighted by Gasteiger charge is 2.16. The summed E-state index contributed by atoms with van der Waals surface area (Å²) >= 11 is 0. The topological polar surface area (TPSA) is 81.9 Å². The molecule has 1 aromatic carbocycles. The van der Waals surface area contributed by atoms with E-state index in [-0.39, 0.29) is 11.9 Å². The predicted octanol–water partition coefficient (Wildman–Crippen LogP) is 2.06. The van der Waals surface area contributed by atoms with Crippen LogP contribution in [0, 0.1) is 6.92 Å². The fourth-order valence-electron chi connectivity index (χ4n) is 3.01. The summed E-state index contributed by atoms with van der Waals surface area (Å²) in [5.41, 5.74) is 3.49. The first-order valence-corrected chi connectivity index (χ1v) is 8.97. The molecule has 1 fully saturated rings. The molecule has 1 aliphatic heterocycles. The Morgan fingerprint density at radius 1 is 1.22 bits per heavy atom. The van der Waals surface area contributed by atoms with Gasteiger partial charge in [0.2, 0.25) is 0 Å². The summed E-state index contributed by atoms with van der Waals surface area (Å²) in [4.78, 5) is 21.0. The van der Waals surface area contributed by atoms with E-state index < -0.39 is 0 Å². The molecule has 0 saturated carbocycles. The molecule has 1 atom stereocenters. The number of aromatic nitrogens is 4. The van der Waals surface area contributed by atoms with E-state index in [1.807, 2.05) is 31.2 Å². The van der Waals surface area contributed by atoms with E-state index in [9.17, 15) is 4.79 Å². The Morgan fingerprint density at radius 3 is 2.78 bits per heavy atom. The second-order valence-corrected chi connectivity index (χ2v) is 6.59. The average Bonchev–Trinajstić information content (AvgIpc) is 3.20. The molecular weight excluding hydrogens is 342 g/mol. The Morgan fingerprint density at radius 2 is 2.07 bits per heavy atom. The number of hydrogen-bond donors (Lipinski definition) is 1. The van der Waals surface area contributed by atoms with Gasteiger partial charge in [-0.25, -0.2) is 9.67 Å². The van der Waals surface area contributed by atoms with Crippen LogP contribution in [0.4, 0.5) is 0 Å². The second-order valence-electron chi connectivity index (χ2n) is 6.59. The molecule has 138 valence electrons. The van der Waals surface area contributed by atoms with Gasteiger partial charge in [0.25, 0.3) is 0 Å². The van der Waals surface area contributed by atoms with Crippen LogP contribution in [-0.2, 0) is 11.2 Å². The molecule has 2 aromatic heterocycles. The lowest BCUT2D eigenvalue weighted by molar-refractivity contribution is 0.0277. The fraction of sp³-hybridized carbons (Fsp3) is 0.300. The number of rotatable bonds is 5. The van der Waals surface area contributed by atoms with Crippen molar-refractivity contribution in [2.75, 3.05) is 19.7 Å². The normalized spacial score (nSPS) is 17.0. The van der Waals surface area contributed by atoms with Crippen LogP contribution in [0.3, 0.4) is 0 Å². The molecule has 0 spiro atoms. The van der Waals surface area contributed by atoms with Gasteiger partial charge in [-0.3, -0.25) is 9.78 Å². The van der Waals surface area contributed by atoms with Crippen LogP contribution in [0.2, 0.25) is 0 Å². The number of ether oxygens (including phenoxy) is 1. The lowest BCUT2D eigenvalue weighted by Crippen LogP contribution is -2.33. The number of morpholine rings is 1. The smallest absolute Gasteiger partial charge is 0.171 e. The summed E-state index contributed by atoms with van der Waals surface area (Å²) < 4.78 is 7.32. The van der Waals surface area contributed by atoms with E-state index in [2.05, 4.69) is 20.4 Å². The molecule has 7 nitrogen and oxygen atoms in total. The summed E-state index contributed by atoms with van der Waals surface area (Å²) in [6, 6.07) is 8.04. The van der Waals surface area contributed by atoms with Crippen molar-refractivity contribution >= 4 is 5.78 Å². The average molecular weight is 363 g/mol. The van der Waals surface area contributed by atoms with Crippen molar-refractivity contribution in [3.05, 3.63) is 71.4 Å². The van der Waals surface area contributed by atoms with Crippen LogP contribution in [0.1, 0.15) is 33.3 Å². The molecule has 0 amide bonds. The van der Waals surface area contributed by atoms with Crippen molar-refractivity contribution in [1.82, 2.24) is 25.1 Å². The molecular formula is C20H21N5O2. The van der Waals surface area contributed by atoms with Gasteiger partial charge in [0.15, 0.2) is 11.6 Å². The van der Waals surface area contributed by atoms with Gasteiger partial charge in [-0.05, 0) is 18.1 Å². The zero-order chi connectivity index (χ0) is 18.6. The van der Waals surface area contributed by atoms with E-state index >= 15 is 0 Å². The standard InChI is InChI=1S/C20H21N5O2/c1-14-9-23-20(12-22-14)25-13-17(10-24-25)18(26)8-15-2-4-16(5-3-15)19-11-21-6-7-27-19/h2-5,9-10,12-13,19,21H,6-8,11H2,1H3/t19-/m1/s1. The Kier molecular flexibility index (Phi) is 5.04. The fourth-order valence-corrected chi connectivity index (χ4v) is 3.01. The molecule has 7 heteroatoms. The molecule has 3 heterocycles. The molecule has 1 aliphatic rings. The minimum atomic E-state index is 0.0182. The van der Waals surface area contributed by atoms with Crippen LogP contribution < -0.4 is 5.32 Å². The molecule has 0 bridgehead atoms. The number of ketones is 1. The summed E-state index contributed by atoms with van der Waals surface area (Å²) in [6.45, 7) is 4.31. The van der Waals surface area contributed by atoms with Gasteiger partial charge in [0.05, 0.1) is 42.6 Å². The van der Waals surface area contributed by atoms with E-state index in [1.165, 1.54) is 0 Å². The van der Waals surface area contributed by atoms with Crippen molar-refractivity contribution in [3.8, 4) is 5.82 Å². The van der Waals surface area contributed by atoms with Gasteiger partial charge in [0.1, 0.15) is 0 Å². The molecule has 27 heavy (non-hydrogen) atoms. The number of nitrogens with one attached hydrogen (secondary N) is 1. The second kappa shape index (κ2) is 7.77. The van der Waals surface area contributed by atoms with Gasteiger partial charge in [-0.1, -0.05) is 24.3 Å². The van der Waals surface area contributed by atoms with Crippen LogP contribution in [0.5, 0.6) is 0 Å². The number of aryl methyl sites for hydroxylation is 1. The maximum absolute atomic E-state index is 12.6. The minimum absolute atomic E-state index is 0.0182. The predicted molar refractivity (Wildman–Crippen MR) is 99.9 cm³/mol. The van der Waals surface area contributed by atoms with Crippen molar-refractivity contribution in [3.63, 3.8) is 0 Å². The quantitative estimate of drug-likeness (QED) is 0.699. The number of nitrogens with zero attached hydrogens (tertiary/aromatic N) is 4. The maximum atomic E-state index is 12.6. The van der Waals surface area contributed by atoms with Crippen LogP contribution >= 0.6 is 0 Å². The van der Waals surface area contributed by atoms with E-state index in [0.717, 1.165) is 36.5 Å². The van der Waals surface area contributed by atoms with Crippen LogP contribution in [0.15, 0.2) is 49.1 Å². The number of Topliss-reactive ketones (excluding diaryl/α,β-unsaturated/α-hetero) is 1. The van der Waals surface area contributed by atoms with Crippen molar-refractivity contribution < 1.29 is 9.53 Å². The lowest BCUT2D eigenvalue weighted by Gasteiger charge is -2.24. The third-order valence-electron chi connectivity index (χ3n) is 4.55. The van der Waals surface area contributed by atoms with E-state index in [1.54, 1.807) is 29.5 Å². The molecule has 4 rings (SSSR count). The van der Waals surface area contributed by atoms with Crippen molar-refractivity contribution in [2.24, 2.45) is 0 Å². The Balaban J connectivity index is 1.42. The summed E-state index contributed by atoms with van der Waals surface area (Å²) in [6.07, 6.45) is 6.98. The van der Waals surface area contributed by atoms with Gasteiger partial charge in [0, 0.05) is 25.7 Å². The monoisotopic (exact) mass is 363 g/mol. The molecule has 1 saturated heterocycles. The van der Waals surface area contributed by atoms with Gasteiger partial charge in [-0.2, -0.15) is 5.10 Å². The zero-order valence-corrected chi connectivity index (χ0v) is 15.1. The van der Waals surface area contributed by atoms with Crippen molar-refractivity contribution in [1.29, 1.82) is 0 Å². The first-order chi connectivity index (χ1) is 13.2. The van der Waals surface area contributed by atoms with E-state index in [4.69, 9.17) is 4.74 Å². The maximum Gasteiger partial charge on any atom is 0.171 e. The molecule has 3 aromatic rings. The number of hydrogen-bond acceptors (Lipinski definition) is 6. The highest BCUT2D eigenvalue weighted by Crippen LogP contribution is 2.19. The third kappa shape index (κ3) is 4.10. The number of carbonyl (C=O) groups excluding carboxylic acids is 1. The van der Waals surface area contributed by atoms with Gasteiger partial charge >= 0.3 is 0 Å². The minimum Gasteiger partial charge on any atom is -0.371 e. The Hall–Kier alpha value is -2.90. The highest BCUT2D eigenvalue weighted by molar-refractivity contribution is 5.97. The first kappa shape index (κ1) is 17.5. The van der Waals surface area contributed by atoms with E-state index in [0.29, 0.717) is 17.8 Å². The molecule has 0 unspecified atom stereocenters. The van der Waals surface area contributed by atoms with Crippen LogP contribution in [0.25, 0.3) is 5.82 Å². The Bertz CT molecular complexity index is 912. The Labute approximate surface area is 157 Å². The van der Waals surface area contributed by atoms with Gasteiger partial charge in [-0.15, -0.1) is 0 Å². The summed E-state index contributed by atoms with van der Waals surface area (Å²) in [5, 5.41) is 7.55.